The summed E-state index contributed by atoms with van der Waals surface area (Å²) in [5, 5.41) is 2.89. The van der Waals surface area contributed by atoms with E-state index in [1.54, 1.807) is 24.3 Å². The van der Waals surface area contributed by atoms with Gasteiger partial charge in [-0.2, -0.15) is 4.31 Å². The molecular weight excluding hydrogens is 432 g/mol. The largest absolute Gasteiger partial charge is 0.495 e. The number of rotatable bonds is 7. The average Bonchev–Trinajstić information content (AvgIpc) is 3.29. The molecule has 0 spiro atoms. The molecule has 0 atom stereocenters. The normalized spacial score (nSPS) is 14.3. The van der Waals surface area contributed by atoms with Crippen molar-refractivity contribution in [1.29, 1.82) is 0 Å². The van der Waals surface area contributed by atoms with Crippen LogP contribution in [0, 0.1) is 0 Å². The fourth-order valence-electron chi connectivity index (χ4n) is 3.04. The van der Waals surface area contributed by atoms with Gasteiger partial charge in [0, 0.05) is 13.1 Å². The Morgan fingerprint density at radius 3 is 2.50 bits per heavy atom. The van der Waals surface area contributed by atoms with Crippen molar-refractivity contribution in [3.63, 3.8) is 0 Å². The maximum atomic E-state index is 12.9. The molecule has 1 fully saturated rings. The Kier molecular flexibility index (Phi) is 6.96. The van der Waals surface area contributed by atoms with Crippen LogP contribution in [0.1, 0.15) is 23.2 Å². The molecule has 3 rings (SSSR count). The van der Waals surface area contributed by atoms with Crippen molar-refractivity contribution in [2.75, 3.05) is 32.1 Å². The number of methoxy groups -OCH3 is 1. The van der Waals surface area contributed by atoms with Gasteiger partial charge in [-0.3, -0.25) is 4.79 Å². The number of nitrogens with one attached hydrogen (secondary N) is 1. The number of carbonyl (C=O) groups is 2. The Bertz CT molecular complexity index is 1050. The second-order valence-electron chi connectivity index (χ2n) is 6.58. The van der Waals surface area contributed by atoms with Crippen LogP contribution in [0.4, 0.5) is 5.69 Å². The molecule has 0 aromatic heterocycles. The number of amides is 1. The van der Waals surface area contributed by atoms with Crippen molar-refractivity contribution in [1.82, 2.24) is 4.31 Å². The minimum atomic E-state index is -3.81. The van der Waals surface area contributed by atoms with Gasteiger partial charge >= 0.3 is 5.97 Å². The van der Waals surface area contributed by atoms with Crippen LogP contribution < -0.4 is 10.1 Å². The van der Waals surface area contributed by atoms with E-state index in [-0.39, 0.29) is 16.2 Å². The summed E-state index contributed by atoms with van der Waals surface area (Å²) in [6.45, 7) is 0.287. The van der Waals surface area contributed by atoms with Crippen LogP contribution in [0.3, 0.4) is 0 Å². The maximum absolute atomic E-state index is 12.9. The van der Waals surface area contributed by atoms with Crippen LogP contribution >= 0.6 is 11.6 Å². The van der Waals surface area contributed by atoms with E-state index in [1.165, 1.54) is 29.6 Å². The minimum absolute atomic E-state index is 0.000819. The standard InChI is InChI=1S/C20H21ClN2O6S/c1-28-17-9-8-14(12-18(17)30(26,27)23-10-4-5-11-23)20(25)29-13-19(24)22-16-7-3-2-6-15(16)21/h2-3,6-9,12H,4-5,10-11,13H2,1H3,(H,22,24). The van der Waals surface area contributed by atoms with Crippen LogP contribution in [-0.2, 0) is 19.6 Å². The number of anilines is 1. The highest BCUT2D eigenvalue weighted by Crippen LogP contribution is 2.30. The molecule has 160 valence electrons. The summed E-state index contributed by atoms with van der Waals surface area (Å²) in [6, 6.07) is 10.6. The second kappa shape index (κ2) is 9.46. The SMILES string of the molecule is COc1ccc(C(=O)OCC(=O)Nc2ccccc2Cl)cc1S(=O)(=O)N1CCCC1. The van der Waals surface area contributed by atoms with Crippen LogP contribution in [-0.4, -0.2) is 51.4 Å². The van der Waals surface area contributed by atoms with Crippen molar-refractivity contribution in [2.45, 2.75) is 17.7 Å². The summed E-state index contributed by atoms with van der Waals surface area (Å²) in [5.74, 6) is -1.27. The van der Waals surface area contributed by atoms with E-state index in [1.807, 2.05) is 0 Å². The van der Waals surface area contributed by atoms with E-state index < -0.39 is 28.5 Å². The quantitative estimate of drug-likeness (QED) is 0.648. The number of nitrogens with zero attached hydrogens (tertiary/aromatic N) is 1. The first-order valence-electron chi connectivity index (χ1n) is 9.22. The van der Waals surface area contributed by atoms with E-state index in [2.05, 4.69) is 5.32 Å². The molecule has 1 aliphatic rings. The minimum Gasteiger partial charge on any atom is -0.495 e. The van der Waals surface area contributed by atoms with Gasteiger partial charge in [0.1, 0.15) is 10.6 Å². The summed E-state index contributed by atoms with van der Waals surface area (Å²) in [7, 11) is -2.45. The zero-order valence-corrected chi connectivity index (χ0v) is 17.8. The second-order valence-corrected chi connectivity index (χ2v) is 8.89. The molecule has 2 aromatic rings. The number of hydrogen-bond acceptors (Lipinski definition) is 6. The molecule has 0 saturated carbocycles. The molecule has 1 amide bonds. The third-order valence-corrected chi connectivity index (χ3v) is 6.81. The zero-order chi connectivity index (χ0) is 21.7. The summed E-state index contributed by atoms with van der Waals surface area (Å²) in [6.07, 6.45) is 1.56. The number of ether oxygens (including phenoxy) is 2. The molecule has 0 aliphatic carbocycles. The van der Waals surface area contributed by atoms with Gasteiger partial charge in [0.15, 0.2) is 6.61 Å². The van der Waals surface area contributed by atoms with E-state index in [0.717, 1.165) is 12.8 Å². The lowest BCUT2D eigenvalue weighted by Gasteiger charge is -2.18. The Labute approximate surface area is 179 Å². The third kappa shape index (κ3) is 4.92. The van der Waals surface area contributed by atoms with Crippen molar-refractivity contribution < 1.29 is 27.5 Å². The summed E-state index contributed by atoms with van der Waals surface area (Å²) < 4.78 is 37.4. The van der Waals surface area contributed by atoms with Crippen molar-refractivity contribution in [3.05, 3.63) is 53.1 Å². The summed E-state index contributed by atoms with van der Waals surface area (Å²) in [4.78, 5) is 24.3. The molecule has 2 aromatic carbocycles. The highest BCUT2D eigenvalue weighted by Gasteiger charge is 2.31. The van der Waals surface area contributed by atoms with E-state index >= 15 is 0 Å². The van der Waals surface area contributed by atoms with Gasteiger partial charge in [-0.05, 0) is 43.2 Å². The van der Waals surface area contributed by atoms with E-state index in [9.17, 15) is 18.0 Å². The van der Waals surface area contributed by atoms with Crippen LogP contribution in [0.25, 0.3) is 0 Å². The lowest BCUT2D eigenvalue weighted by molar-refractivity contribution is -0.119. The van der Waals surface area contributed by atoms with Gasteiger partial charge < -0.3 is 14.8 Å². The number of hydrogen-bond donors (Lipinski definition) is 1. The number of carbonyl (C=O) groups excluding carboxylic acids is 2. The Morgan fingerprint density at radius 2 is 1.83 bits per heavy atom. The highest BCUT2D eigenvalue weighted by atomic mass is 35.5. The Hall–Kier alpha value is -2.62. The smallest absolute Gasteiger partial charge is 0.338 e. The van der Waals surface area contributed by atoms with E-state index in [0.29, 0.717) is 23.8 Å². The molecule has 1 heterocycles. The lowest BCUT2D eigenvalue weighted by atomic mass is 10.2. The number of esters is 1. The Balaban J connectivity index is 1.71. The molecule has 1 saturated heterocycles. The molecule has 0 radical (unpaired) electrons. The van der Waals surface area contributed by atoms with E-state index in [4.69, 9.17) is 21.1 Å². The highest BCUT2D eigenvalue weighted by molar-refractivity contribution is 7.89. The van der Waals surface area contributed by atoms with Gasteiger partial charge in [-0.1, -0.05) is 23.7 Å². The average molecular weight is 453 g/mol. The number of halogens is 1. The Morgan fingerprint density at radius 1 is 1.13 bits per heavy atom. The summed E-state index contributed by atoms with van der Waals surface area (Å²) in [5.41, 5.74) is 0.391. The molecule has 1 aliphatic heterocycles. The first-order chi connectivity index (χ1) is 14.3. The van der Waals surface area contributed by atoms with Crippen LogP contribution in [0.5, 0.6) is 5.75 Å². The summed E-state index contributed by atoms with van der Waals surface area (Å²) >= 11 is 5.97. The topological polar surface area (TPSA) is 102 Å². The molecule has 10 heteroatoms. The number of benzene rings is 2. The monoisotopic (exact) mass is 452 g/mol. The number of para-hydroxylation sites is 1. The molecule has 8 nitrogen and oxygen atoms in total. The fourth-order valence-corrected chi connectivity index (χ4v) is 4.92. The van der Waals surface area contributed by atoms with Crippen molar-refractivity contribution >= 4 is 39.2 Å². The van der Waals surface area contributed by atoms with Crippen molar-refractivity contribution in [3.8, 4) is 5.75 Å². The predicted molar refractivity (Wildman–Crippen MR) is 111 cm³/mol. The first kappa shape index (κ1) is 22.1. The lowest BCUT2D eigenvalue weighted by Crippen LogP contribution is -2.28. The van der Waals surface area contributed by atoms with Crippen LogP contribution in [0.15, 0.2) is 47.4 Å². The third-order valence-electron chi connectivity index (χ3n) is 4.56. The van der Waals surface area contributed by atoms with Crippen LogP contribution in [0.2, 0.25) is 5.02 Å². The maximum Gasteiger partial charge on any atom is 0.338 e. The molecular formula is C20H21ClN2O6S. The molecule has 30 heavy (non-hydrogen) atoms. The van der Waals surface area contributed by atoms with Gasteiger partial charge in [-0.15, -0.1) is 0 Å². The molecule has 0 bridgehead atoms. The zero-order valence-electron chi connectivity index (χ0n) is 16.3. The van der Waals surface area contributed by atoms with Crippen molar-refractivity contribution in [2.24, 2.45) is 0 Å². The molecule has 1 N–H and O–H groups in total. The van der Waals surface area contributed by atoms with Gasteiger partial charge in [0.2, 0.25) is 10.0 Å². The fraction of sp³-hybridized carbons (Fsp3) is 0.300. The van der Waals surface area contributed by atoms with Gasteiger partial charge in [0.05, 0.1) is 23.4 Å². The molecule has 0 unspecified atom stereocenters. The van der Waals surface area contributed by atoms with Gasteiger partial charge in [0.25, 0.3) is 5.91 Å². The predicted octanol–water partition coefficient (Wildman–Crippen LogP) is 2.93. The van der Waals surface area contributed by atoms with Gasteiger partial charge in [-0.25, -0.2) is 13.2 Å². The number of sulfonamides is 1. The first-order valence-corrected chi connectivity index (χ1v) is 11.0.